The first kappa shape index (κ1) is 16.4. The van der Waals surface area contributed by atoms with Crippen LogP contribution in [0.4, 0.5) is 0 Å². The Balaban J connectivity index is 1.62. The predicted octanol–water partition coefficient (Wildman–Crippen LogP) is 1.61. The molecule has 0 spiro atoms. The van der Waals surface area contributed by atoms with Crippen LogP contribution in [0, 0.1) is 0 Å². The maximum atomic E-state index is 11.5. The SMILES string of the molecule is CNS(=O)(=O)CCCN1CCC[C@H](n2cnc3ccccc32)C1. The normalized spacial score (nSPS) is 20.1. The standard InChI is InChI=1S/C16H24N4O2S/c1-17-23(21,22)11-5-10-19-9-4-6-14(12-19)20-13-18-15-7-2-3-8-16(15)20/h2-3,7-8,13-14,17H,4-6,9-12H2,1H3/t14-/m0/s1. The number of sulfonamides is 1. The monoisotopic (exact) mass is 336 g/mol. The van der Waals surface area contributed by atoms with E-state index >= 15 is 0 Å². The number of imidazole rings is 1. The number of rotatable bonds is 6. The van der Waals surface area contributed by atoms with Crippen molar-refractivity contribution in [3.05, 3.63) is 30.6 Å². The van der Waals surface area contributed by atoms with Gasteiger partial charge in [0.25, 0.3) is 0 Å². The fourth-order valence-corrected chi connectivity index (χ4v) is 4.02. The lowest BCUT2D eigenvalue weighted by molar-refractivity contribution is 0.180. The van der Waals surface area contributed by atoms with Crippen LogP contribution in [-0.4, -0.2) is 55.3 Å². The van der Waals surface area contributed by atoms with E-state index in [1.807, 2.05) is 24.5 Å². The summed E-state index contributed by atoms with van der Waals surface area (Å²) < 4.78 is 27.6. The Kier molecular flexibility index (Phi) is 4.99. The van der Waals surface area contributed by atoms with Crippen molar-refractivity contribution in [2.45, 2.75) is 25.3 Å². The second kappa shape index (κ2) is 6.98. The van der Waals surface area contributed by atoms with Crippen LogP contribution in [0.3, 0.4) is 0 Å². The summed E-state index contributed by atoms with van der Waals surface area (Å²) >= 11 is 0. The number of benzene rings is 1. The molecule has 0 amide bonds. The summed E-state index contributed by atoms with van der Waals surface area (Å²) in [4.78, 5) is 6.85. The Hall–Kier alpha value is -1.44. The number of likely N-dealkylation sites (tertiary alicyclic amines) is 1. The highest BCUT2D eigenvalue weighted by atomic mass is 32.2. The molecule has 0 saturated carbocycles. The van der Waals surface area contributed by atoms with E-state index in [2.05, 4.69) is 25.2 Å². The molecule has 126 valence electrons. The van der Waals surface area contributed by atoms with Crippen molar-refractivity contribution in [2.24, 2.45) is 0 Å². The molecule has 0 unspecified atom stereocenters. The smallest absolute Gasteiger partial charge is 0.211 e. The van der Waals surface area contributed by atoms with Gasteiger partial charge in [0.05, 0.1) is 23.1 Å². The minimum atomic E-state index is -3.10. The van der Waals surface area contributed by atoms with Gasteiger partial charge in [0.15, 0.2) is 0 Å². The van der Waals surface area contributed by atoms with Gasteiger partial charge in [-0.25, -0.2) is 18.1 Å². The molecule has 1 fully saturated rings. The average Bonchev–Trinajstić information content (AvgIpc) is 2.99. The van der Waals surface area contributed by atoms with Gasteiger partial charge in [-0.3, -0.25) is 0 Å². The molecular weight excluding hydrogens is 312 g/mol. The highest BCUT2D eigenvalue weighted by Crippen LogP contribution is 2.25. The topological polar surface area (TPSA) is 67.2 Å². The van der Waals surface area contributed by atoms with Gasteiger partial charge < -0.3 is 9.47 Å². The van der Waals surface area contributed by atoms with Gasteiger partial charge in [-0.2, -0.15) is 0 Å². The number of piperidine rings is 1. The fourth-order valence-electron chi connectivity index (χ4n) is 3.31. The summed E-state index contributed by atoms with van der Waals surface area (Å²) in [6.45, 7) is 2.83. The third-order valence-electron chi connectivity index (χ3n) is 4.55. The van der Waals surface area contributed by atoms with E-state index in [-0.39, 0.29) is 5.75 Å². The van der Waals surface area contributed by atoms with Crippen LogP contribution < -0.4 is 4.72 Å². The molecule has 1 atom stereocenters. The molecule has 1 aliphatic heterocycles. The van der Waals surface area contributed by atoms with Crippen LogP contribution in [0.2, 0.25) is 0 Å². The molecule has 1 aliphatic rings. The summed E-state index contributed by atoms with van der Waals surface area (Å²) in [6.07, 6.45) is 4.88. The first-order chi connectivity index (χ1) is 11.1. The van der Waals surface area contributed by atoms with E-state index in [4.69, 9.17) is 0 Å². The number of hydrogen-bond acceptors (Lipinski definition) is 4. The minimum Gasteiger partial charge on any atom is -0.326 e. The summed E-state index contributed by atoms with van der Waals surface area (Å²) in [5.74, 6) is 0.193. The van der Waals surface area contributed by atoms with Crippen molar-refractivity contribution in [2.75, 3.05) is 32.4 Å². The minimum absolute atomic E-state index is 0.193. The molecule has 0 radical (unpaired) electrons. The lowest BCUT2D eigenvalue weighted by Crippen LogP contribution is -2.38. The zero-order valence-electron chi connectivity index (χ0n) is 13.5. The Morgan fingerprint density at radius 3 is 3.00 bits per heavy atom. The lowest BCUT2D eigenvalue weighted by atomic mass is 10.1. The number of fused-ring (bicyclic) bond motifs is 1. The first-order valence-corrected chi connectivity index (χ1v) is 9.79. The molecule has 1 N–H and O–H groups in total. The molecule has 23 heavy (non-hydrogen) atoms. The quantitative estimate of drug-likeness (QED) is 0.870. The van der Waals surface area contributed by atoms with Gasteiger partial charge in [-0.15, -0.1) is 0 Å². The van der Waals surface area contributed by atoms with Gasteiger partial charge >= 0.3 is 0 Å². The van der Waals surface area contributed by atoms with E-state index in [1.54, 1.807) is 0 Å². The predicted molar refractivity (Wildman–Crippen MR) is 91.9 cm³/mol. The van der Waals surface area contributed by atoms with Crippen molar-refractivity contribution in [1.82, 2.24) is 19.2 Å². The third-order valence-corrected chi connectivity index (χ3v) is 6.00. The van der Waals surface area contributed by atoms with Crippen LogP contribution in [-0.2, 0) is 10.0 Å². The van der Waals surface area contributed by atoms with Crippen LogP contribution in [0.15, 0.2) is 30.6 Å². The lowest BCUT2D eigenvalue weighted by Gasteiger charge is -2.33. The molecule has 3 rings (SSSR count). The van der Waals surface area contributed by atoms with Gasteiger partial charge in [0.2, 0.25) is 10.0 Å². The molecular formula is C16H24N4O2S. The van der Waals surface area contributed by atoms with Gasteiger partial charge in [0.1, 0.15) is 0 Å². The van der Waals surface area contributed by atoms with E-state index in [0.29, 0.717) is 12.5 Å². The Morgan fingerprint density at radius 2 is 2.17 bits per heavy atom. The van der Waals surface area contributed by atoms with Crippen molar-refractivity contribution in [3.8, 4) is 0 Å². The number of para-hydroxylation sites is 2. The number of nitrogens with one attached hydrogen (secondary N) is 1. The molecule has 7 heteroatoms. The van der Waals surface area contributed by atoms with Crippen molar-refractivity contribution in [1.29, 1.82) is 0 Å². The maximum absolute atomic E-state index is 11.5. The van der Waals surface area contributed by atoms with E-state index in [1.165, 1.54) is 12.6 Å². The van der Waals surface area contributed by atoms with Crippen LogP contribution in [0.25, 0.3) is 11.0 Å². The molecule has 0 bridgehead atoms. The van der Waals surface area contributed by atoms with Crippen LogP contribution >= 0.6 is 0 Å². The highest BCUT2D eigenvalue weighted by Gasteiger charge is 2.22. The van der Waals surface area contributed by atoms with Gasteiger partial charge in [-0.05, 0) is 51.5 Å². The maximum Gasteiger partial charge on any atom is 0.211 e. The Labute approximate surface area is 137 Å². The molecule has 1 aromatic carbocycles. The number of hydrogen-bond donors (Lipinski definition) is 1. The molecule has 2 heterocycles. The summed E-state index contributed by atoms with van der Waals surface area (Å²) in [5.41, 5.74) is 2.21. The first-order valence-electron chi connectivity index (χ1n) is 8.14. The second-order valence-electron chi connectivity index (χ2n) is 6.11. The van der Waals surface area contributed by atoms with Crippen LogP contribution in [0.5, 0.6) is 0 Å². The molecule has 0 aliphatic carbocycles. The van der Waals surface area contributed by atoms with Crippen molar-refractivity contribution < 1.29 is 8.42 Å². The average molecular weight is 336 g/mol. The summed E-state index contributed by atoms with van der Waals surface area (Å²) in [7, 11) is -1.63. The molecule has 2 aromatic rings. The molecule has 6 nitrogen and oxygen atoms in total. The zero-order valence-corrected chi connectivity index (χ0v) is 14.3. The van der Waals surface area contributed by atoms with E-state index < -0.39 is 10.0 Å². The molecule has 1 aromatic heterocycles. The second-order valence-corrected chi connectivity index (χ2v) is 8.16. The Bertz CT molecular complexity index is 756. The van der Waals surface area contributed by atoms with E-state index in [9.17, 15) is 8.42 Å². The highest BCUT2D eigenvalue weighted by molar-refractivity contribution is 7.89. The number of aromatic nitrogens is 2. The largest absolute Gasteiger partial charge is 0.326 e. The summed E-state index contributed by atoms with van der Waals surface area (Å²) in [5, 5.41) is 0. The summed E-state index contributed by atoms with van der Waals surface area (Å²) in [6, 6.07) is 8.62. The zero-order chi connectivity index (χ0) is 16.3. The van der Waals surface area contributed by atoms with Crippen LogP contribution in [0.1, 0.15) is 25.3 Å². The van der Waals surface area contributed by atoms with Crippen molar-refractivity contribution in [3.63, 3.8) is 0 Å². The van der Waals surface area contributed by atoms with Crippen molar-refractivity contribution >= 4 is 21.1 Å². The fraction of sp³-hybridized carbons (Fsp3) is 0.562. The third kappa shape index (κ3) is 3.91. The molecule has 1 saturated heterocycles. The Morgan fingerprint density at radius 1 is 1.35 bits per heavy atom. The number of nitrogens with zero attached hydrogens (tertiary/aromatic N) is 3. The van der Waals surface area contributed by atoms with E-state index in [0.717, 1.165) is 38.0 Å². The van der Waals surface area contributed by atoms with Gasteiger partial charge in [-0.1, -0.05) is 12.1 Å². The van der Waals surface area contributed by atoms with Gasteiger partial charge in [0, 0.05) is 12.6 Å².